The quantitative estimate of drug-likeness (QED) is 0.185. The van der Waals surface area contributed by atoms with Crippen LogP contribution < -0.4 is 0 Å². The minimum absolute atomic E-state index is 0. The molecule has 0 radical (unpaired) electrons. The smallest absolute Gasteiger partial charge is 0.741 e. The van der Waals surface area contributed by atoms with Crippen molar-refractivity contribution in [2.24, 2.45) is 0 Å². The number of alkyl halides is 3. The number of rotatable bonds is 4. The summed E-state index contributed by atoms with van der Waals surface area (Å²) in [5.41, 5.74) is 3.22. The molecular formula is C23H32AgF3N8O3S. The minimum atomic E-state index is -6.09. The van der Waals surface area contributed by atoms with Crippen LogP contribution in [0.5, 0.6) is 0 Å². The molecule has 0 spiro atoms. The Kier molecular flexibility index (Phi) is 11.9. The summed E-state index contributed by atoms with van der Waals surface area (Å²) in [5, 5.41) is 17.6. The van der Waals surface area contributed by atoms with Gasteiger partial charge in [-0.15, -0.1) is 0 Å². The molecule has 0 saturated heterocycles. The molecule has 0 aliphatic carbocycles. The molecule has 0 fully saturated rings. The maximum atomic E-state index is 10.7. The Hall–Kier alpha value is -2.72. The van der Waals surface area contributed by atoms with Gasteiger partial charge in [0.15, 0.2) is 10.1 Å². The third kappa shape index (κ3) is 10.1. The van der Waals surface area contributed by atoms with Crippen molar-refractivity contribution in [1.82, 2.24) is 39.1 Å². The molecule has 0 N–H and O–H groups in total. The van der Waals surface area contributed by atoms with Crippen LogP contribution in [0, 0.1) is 55.4 Å². The van der Waals surface area contributed by atoms with Crippen LogP contribution >= 0.6 is 0 Å². The first-order chi connectivity index (χ1) is 17.4. The Balaban J connectivity index is 0.000000304. The summed E-state index contributed by atoms with van der Waals surface area (Å²) in [7, 11) is -6.09. The predicted molar refractivity (Wildman–Crippen MR) is 133 cm³/mol. The Morgan fingerprint density at radius 2 is 0.795 bits per heavy atom. The van der Waals surface area contributed by atoms with Gasteiger partial charge in [0.1, 0.15) is 13.3 Å². The third-order valence-corrected chi connectivity index (χ3v) is 5.80. The fourth-order valence-electron chi connectivity index (χ4n) is 3.53. The van der Waals surface area contributed by atoms with Crippen molar-refractivity contribution in [1.29, 1.82) is 0 Å². The molecule has 0 atom stereocenters. The molecule has 0 aliphatic heterocycles. The van der Waals surface area contributed by atoms with Crippen LogP contribution in [0.3, 0.4) is 0 Å². The van der Waals surface area contributed by atoms with Gasteiger partial charge in [-0.3, -0.25) is 0 Å². The van der Waals surface area contributed by atoms with Crippen LogP contribution in [-0.4, -0.2) is 57.6 Å². The van der Waals surface area contributed by atoms with Crippen molar-refractivity contribution in [2.45, 2.75) is 74.2 Å². The zero-order valence-corrected chi connectivity index (χ0v) is 25.2. The Morgan fingerprint density at radius 3 is 0.897 bits per heavy atom. The first kappa shape index (κ1) is 34.3. The van der Waals surface area contributed by atoms with Crippen molar-refractivity contribution < 1.29 is 48.5 Å². The van der Waals surface area contributed by atoms with E-state index in [2.05, 4.69) is 72.4 Å². The second kappa shape index (κ2) is 13.6. The molecule has 11 nitrogen and oxygen atoms in total. The molecule has 0 bridgehead atoms. The Labute approximate surface area is 241 Å². The summed E-state index contributed by atoms with van der Waals surface area (Å²) in [6.07, 6.45) is 0. The maximum Gasteiger partial charge on any atom is 1.00 e. The van der Waals surface area contributed by atoms with E-state index >= 15 is 0 Å². The van der Waals surface area contributed by atoms with Crippen LogP contribution in [0.4, 0.5) is 13.2 Å². The Morgan fingerprint density at radius 1 is 0.615 bits per heavy atom. The topological polar surface area (TPSA) is 128 Å². The molecule has 220 valence electrons. The number of aryl methyl sites for hydroxylation is 8. The molecule has 0 amide bonds. The van der Waals surface area contributed by atoms with Crippen LogP contribution in [0.2, 0.25) is 0 Å². The van der Waals surface area contributed by atoms with E-state index in [0.717, 1.165) is 22.8 Å². The van der Waals surface area contributed by atoms with Gasteiger partial charge in [0.2, 0.25) is 0 Å². The van der Waals surface area contributed by atoms with Crippen LogP contribution in [0.1, 0.15) is 45.6 Å². The average molecular weight is 665 g/mol. The first-order valence-electron chi connectivity index (χ1n) is 11.4. The second-order valence-electron chi connectivity index (χ2n) is 8.89. The third-order valence-electron chi connectivity index (χ3n) is 5.23. The molecule has 0 saturated carbocycles. The summed E-state index contributed by atoms with van der Waals surface area (Å²) in [6.45, 7) is 17.7. The maximum absolute atomic E-state index is 10.7. The van der Waals surface area contributed by atoms with Gasteiger partial charge >= 0.3 is 27.9 Å². The summed E-state index contributed by atoms with van der Waals surface area (Å²) in [5.74, 6) is 0. The summed E-state index contributed by atoms with van der Waals surface area (Å²) < 4.78 is 66.8. The number of hydrogen-bond acceptors (Lipinski definition) is 7. The van der Waals surface area contributed by atoms with E-state index in [9.17, 15) is 13.2 Å². The van der Waals surface area contributed by atoms with E-state index in [1.165, 1.54) is 22.8 Å². The monoisotopic (exact) mass is 664 g/mol. The van der Waals surface area contributed by atoms with E-state index in [1.807, 2.05) is 46.4 Å². The van der Waals surface area contributed by atoms with Crippen molar-refractivity contribution in [3.05, 3.63) is 69.8 Å². The van der Waals surface area contributed by atoms with E-state index in [4.69, 9.17) is 13.0 Å². The molecule has 4 heterocycles. The molecule has 4 aromatic heterocycles. The molecule has 4 rings (SSSR count). The average Bonchev–Trinajstić information content (AvgIpc) is 3.44. The largest absolute Gasteiger partial charge is 1.00 e. The van der Waals surface area contributed by atoms with Crippen molar-refractivity contribution >= 4 is 10.1 Å². The van der Waals surface area contributed by atoms with E-state index in [-0.39, 0.29) is 22.4 Å². The van der Waals surface area contributed by atoms with Gasteiger partial charge in [-0.2, -0.15) is 33.6 Å². The number of aromatic nitrogens is 8. The summed E-state index contributed by atoms with van der Waals surface area (Å²) in [4.78, 5) is 0. The van der Waals surface area contributed by atoms with Gasteiger partial charge in [-0.05, 0) is 79.7 Å². The van der Waals surface area contributed by atoms with Crippen LogP contribution in [0.25, 0.3) is 0 Å². The van der Waals surface area contributed by atoms with E-state index in [0.29, 0.717) is 13.3 Å². The molecule has 16 heteroatoms. The molecular weight excluding hydrogens is 633 g/mol. The van der Waals surface area contributed by atoms with Crippen molar-refractivity contribution in [2.75, 3.05) is 0 Å². The first-order valence-corrected chi connectivity index (χ1v) is 12.8. The van der Waals surface area contributed by atoms with E-state index in [1.54, 1.807) is 0 Å². The van der Waals surface area contributed by atoms with Gasteiger partial charge in [0.25, 0.3) is 0 Å². The van der Waals surface area contributed by atoms with Crippen molar-refractivity contribution in [3.63, 3.8) is 0 Å². The Bertz CT molecular complexity index is 1310. The van der Waals surface area contributed by atoms with Gasteiger partial charge in [-0.1, -0.05) is 0 Å². The number of hydrogen-bond donors (Lipinski definition) is 0. The van der Waals surface area contributed by atoms with Gasteiger partial charge in [-0.25, -0.2) is 27.1 Å². The summed E-state index contributed by atoms with van der Waals surface area (Å²) in [6, 6.07) is 8.30. The van der Waals surface area contributed by atoms with Crippen LogP contribution in [0.15, 0.2) is 24.3 Å². The zero-order valence-electron chi connectivity index (χ0n) is 22.9. The molecule has 39 heavy (non-hydrogen) atoms. The normalized spacial score (nSPS) is 11.3. The van der Waals surface area contributed by atoms with Crippen molar-refractivity contribution in [3.8, 4) is 0 Å². The summed E-state index contributed by atoms with van der Waals surface area (Å²) >= 11 is 0. The standard InChI is InChI=1S/2C11H16N4.CHF3O3S.Ag/c2*1-8-5-10(3)14(12-8)7-15-11(4)6-9(2)13-15;2-1(3,4)8(5,6)7;/h2*5-6H,7H2,1-4H3;(H,5,6,7);/q;;;+1/p-1. The fourth-order valence-corrected chi connectivity index (χ4v) is 3.53. The molecule has 0 aliphatic rings. The van der Waals surface area contributed by atoms with Gasteiger partial charge in [0, 0.05) is 22.8 Å². The molecule has 0 aromatic carbocycles. The van der Waals surface area contributed by atoms with Gasteiger partial charge < -0.3 is 4.55 Å². The second-order valence-corrected chi connectivity index (χ2v) is 10.3. The van der Waals surface area contributed by atoms with E-state index < -0.39 is 15.6 Å². The molecule has 0 unspecified atom stereocenters. The predicted octanol–water partition coefficient (Wildman–Crippen LogP) is 3.69. The SMILES string of the molecule is Cc1cc(C)n(Cn2nc(C)cc2C)n1.Cc1cc(C)n(Cn2nc(C)cc2C)n1.O=S(=O)([O-])C(F)(F)F.[Ag+]. The minimum Gasteiger partial charge on any atom is -0.741 e. The van der Waals surface area contributed by atoms with Crippen LogP contribution in [-0.2, 0) is 45.8 Å². The molecule has 4 aromatic rings. The number of halogens is 3. The zero-order chi connectivity index (χ0) is 29.0. The van der Waals surface area contributed by atoms with Gasteiger partial charge in [0.05, 0.1) is 22.8 Å². The number of nitrogens with zero attached hydrogens (tertiary/aromatic N) is 8. The fraction of sp³-hybridized carbons (Fsp3) is 0.478.